The number of aromatic nitrogens is 5. The van der Waals surface area contributed by atoms with E-state index in [0.29, 0.717) is 43.2 Å². The van der Waals surface area contributed by atoms with E-state index in [4.69, 9.17) is 0 Å². The molecular formula is C23H25N9O3. The summed E-state index contributed by atoms with van der Waals surface area (Å²) < 4.78 is 1.55. The molecule has 1 aliphatic heterocycles. The van der Waals surface area contributed by atoms with E-state index in [2.05, 4.69) is 36.0 Å². The van der Waals surface area contributed by atoms with Gasteiger partial charge < -0.3 is 20.9 Å². The van der Waals surface area contributed by atoms with Crippen LogP contribution in [0.5, 0.6) is 0 Å². The smallest absolute Gasteiger partial charge is 0.251 e. The summed E-state index contributed by atoms with van der Waals surface area (Å²) in [6, 6.07) is 8.56. The van der Waals surface area contributed by atoms with Crippen molar-refractivity contribution in [1.29, 1.82) is 0 Å². The summed E-state index contributed by atoms with van der Waals surface area (Å²) in [6.45, 7) is 1.75. The summed E-state index contributed by atoms with van der Waals surface area (Å²) in [6.07, 6.45) is 6.33. The molecule has 12 heteroatoms. The van der Waals surface area contributed by atoms with Crippen LogP contribution in [0.1, 0.15) is 23.2 Å². The third-order valence-corrected chi connectivity index (χ3v) is 5.94. The van der Waals surface area contributed by atoms with Gasteiger partial charge in [0.2, 0.25) is 11.8 Å². The summed E-state index contributed by atoms with van der Waals surface area (Å²) in [4.78, 5) is 50.9. The van der Waals surface area contributed by atoms with Crippen molar-refractivity contribution in [1.82, 2.24) is 35.4 Å². The normalized spacial score (nSPS) is 15.3. The molecule has 0 spiro atoms. The highest BCUT2D eigenvalue weighted by Gasteiger charge is 2.33. The molecule has 0 bridgehead atoms. The second-order valence-electron chi connectivity index (χ2n) is 8.56. The van der Waals surface area contributed by atoms with Crippen LogP contribution in [0.3, 0.4) is 0 Å². The van der Waals surface area contributed by atoms with Crippen molar-refractivity contribution >= 4 is 29.2 Å². The molecule has 3 heterocycles. The Bertz CT molecular complexity index is 1200. The van der Waals surface area contributed by atoms with Crippen molar-refractivity contribution in [3.63, 3.8) is 0 Å². The Balaban J connectivity index is 1.01. The molecule has 2 aromatic heterocycles. The van der Waals surface area contributed by atoms with Crippen LogP contribution in [-0.4, -0.2) is 68.6 Å². The molecule has 0 unspecified atom stereocenters. The number of carbonyl (C=O) groups excluding carboxylic acids is 3. The third-order valence-electron chi connectivity index (χ3n) is 5.94. The second kappa shape index (κ2) is 9.87. The van der Waals surface area contributed by atoms with Gasteiger partial charge in [-0.25, -0.2) is 19.6 Å². The Kier molecular flexibility index (Phi) is 6.33. The first-order chi connectivity index (χ1) is 17.1. The fourth-order valence-corrected chi connectivity index (χ4v) is 3.70. The van der Waals surface area contributed by atoms with Gasteiger partial charge in [0.1, 0.15) is 24.8 Å². The van der Waals surface area contributed by atoms with E-state index >= 15 is 0 Å². The zero-order valence-corrected chi connectivity index (χ0v) is 18.9. The zero-order valence-electron chi connectivity index (χ0n) is 18.9. The highest BCUT2D eigenvalue weighted by Crippen LogP contribution is 2.30. The number of hydrogen-bond donors (Lipinski definition) is 3. The SMILES string of the molecule is O=C(NCCNC(=O)C1CN(c2cc(-n3cncn3)ncn2)C1)c1ccc(NC(=O)C2CC2)cc1. The molecule has 12 nitrogen and oxygen atoms in total. The first-order valence-corrected chi connectivity index (χ1v) is 11.5. The standard InChI is InChI=1S/C23H25N9O3/c33-21(15-3-5-18(6-4-15)30-23(35)16-1-2-16)25-7-8-26-22(34)17-10-31(11-17)19-9-20(28-13-27-19)32-14-24-12-29-32/h3-6,9,12-14,16-17H,1-2,7-8,10-11H2,(H,25,33)(H,26,34)(H,30,35). The molecular weight excluding hydrogens is 450 g/mol. The van der Waals surface area contributed by atoms with Crippen LogP contribution >= 0.6 is 0 Å². The van der Waals surface area contributed by atoms with E-state index in [1.54, 1.807) is 41.3 Å². The maximum absolute atomic E-state index is 12.4. The van der Waals surface area contributed by atoms with Crippen molar-refractivity contribution in [3.8, 4) is 5.82 Å². The molecule has 2 fully saturated rings. The minimum absolute atomic E-state index is 0.0288. The van der Waals surface area contributed by atoms with E-state index in [9.17, 15) is 14.4 Å². The van der Waals surface area contributed by atoms with Gasteiger partial charge in [0.05, 0.1) is 5.92 Å². The molecule has 1 saturated carbocycles. The maximum atomic E-state index is 12.4. The minimum Gasteiger partial charge on any atom is -0.355 e. The minimum atomic E-state index is -0.235. The highest BCUT2D eigenvalue weighted by molar-refractivity contribution is 5.96. The Morgan fingerprint density at radius 1 is 0.886 bits per heavy atom. The van der Waals surface area contributed by atoms with Gasteiger partial charge in [0, 0.05) is 49.4 Å². The Morgan fingerprint density at radius 3 is 2.34 bits per heavy atom. The molecule has 35 heavy (non-hydrogen) atoms. The lowest BCUT2D eigenvalue weighted by molar-refractivity contribution is -0.125. The maximum Gasteiger partial charge on any atom is 0.251 e. The molecule has 3 aromatic rings. The molecule has 5 rings (SSSR count). The average Bonchev–Trinajstić information content (AvgIpc) is 3.55. The van der Waals surface area contributed by atoms with Gasteiger partial charge in [-0.05, 0) is 37.1 Å². The fourth-order valence-electron chi connectivity index (χ4n) is 3.70. The number of amides is 3. The largest absolute Gasteiger partial charge is 0.355 e. The molecule has 1 aliphatic carbocycles. The van der Waals surface area contributed by atoms with Crippen molar-refractivity contribution < 1.29 is 14.4 Å². The lowest BCUT2D eigenvalue weighted by Crippen LogP contribution is -2.54. The van der Waals surface area contributed by atoms with Crippen LogP contribution < -0.4 is 20.9 Å². The Hall–Kier alpha value is -4.35. The molecule has 0 radical (unpaired) electrons. The number of hydrogen-bond acceptors (Lipinski definition) is 8. The van der Waals surface area contributed by atoms with Crippen molar-refractivity contribution in [2.75, 3.05) is 36.4 Å². The lowest BCUT2D eigenvalue weighted by atomic mass is 9.99. The fraction of sp³-hybridized carbons (Fsp3) is 0.348. The summed E-state index contributed by atoms with van der Waals surface area (Å²) in [5.41, 5.74) is 1.17. The van der Waals surface area contributed by atoms with Crippen LogP contribution in [-0.2, 0) is 9.59 Å². The second-order valence-corrected chi connectivity index (χ2v) is 8.56. The molecule has 1 saturated heterocycles. The quantitative estimate of drug-likeness (QED) is 0.377. The molecule has 1 aromatic carbocycles. The molecule has 2 aliphatic rings. The molecule has 3 N–H and O–H groups in total. The predicted octanol–water partition coefficient (Wildman–Crippen LogP) is 0.388. The predicted molar refractivity (Wildman–Crippen MR) is 126 cm³/mol. The molecule has 180 valence electrons. The molecule has 3 amide bonds. The van der Waals surface area contributed by atoms with E-state index in [0.717, 1.165) is 18.7 Å². The van der Waals surface area contributed by atoms with Crippen LogP contribution in [0.4, 0.5) is 11.5 Å². The summed E-state index contributed by atoms with van der Waals surface area (Å²) in [5, 5.41) is 12.6. The van der Waals surface area contributed by atoms with Crippen molar-refractivity contribution in [3.05, 3.63) is 54.9 Å². The van der Waals surface area contributed by atoms with Crippen LogP contribution in [0, 0.1) is 11.8 Å². The molecule has 0 atom stereocenters. The Morgan fingerprint density at radius 2 is 1.63 bits per heavy atom. The number of anilines is 2. The van der Waals surface area contributed by atoms with Crippen LogP contribution in [0.2, 0.25) is 0 Å². The summed E-state index contributed by atoms with van der Waals surface area (Å²) in [5.74, 6) is 1.04. The number of nitrogens with one attached hydrogen (secondary N) is 3. The van der Waals surface area contributed by atoms with E-state index in [1.165, 1.54) is 12.7 Å². The van der Waals surface area contributed by atoms with E-state index in [1.807, 2.05) is 4.90 Å². The van der Waals surface area contributed by atoms with Gasteiger partial charge in [-0.2, -0.15) is 5.10 Å². The number of benzene rings is 1. The topological polar surface area (TPSA) is 147 Å². The number of carbonyl (C=O) groups is 3. The Labute approximate surface area is 201 Å². The first kappa shape index (κ1) is 22.4. The van der Waals surface area contributed by atoms with Gasteiger partial charge in [-0.1, -0.05) is 0 Å². The number of rotatable bonds is 9. The van der Waals surface area contributed by atoms with Crippen LogP contribution in [0.25, 0.3) is 5.82 Å². The van der Waals surface area contributed by atoms with Crippen LogP contribution in [0.15, 0.2) is 49.3 Å². The van der Waals surface area contributed by atoms with E-state index < -0.39 is 0 Å². The van der Waals surface area contributed by atoms with E-state index in [-0.39, 0.29) is 29.6 Å². The third kappa shape index (κ3) is 5.42. The lowest BCUT2D eigenvalue weighted by Gasteiger charge is -2.39. The van der Waals surface area contributed by atoms with Crippen molar-refractivity contribution in [2.45, 2.75) is 12.8 Å². The highest BCUT2D eigenvalue weighted by atomic mass is 16.2. The summed E-state index contributed by atoms with van der Waals surface area (Å²) >= 11 is 0. The zero-order chi connectivity index (χ0) is 24.2. The first-order valence-electron chi connectivity index (χ1n) is 11.5. The monoisotopic (exact) mass is 475 g/mol. The summed E-state index contributed by atoms with van der Waals surface area (Å²) in [7, 11) is 0. The average molecular weight is 476 g/mol. The van der Waals surface area contributed by atoms with Gasteiger partial charge >= 0.3 is 0 Å². The van der Waals surface area contributed by atoms with Gasteiger partial charge in [0.15, 0.2) is 5.82 Å². The van der Waals surface area contributed by atoms with Crippen molar-refractivity contribution in [2.24, 2.45) is 11.8 Å². The van der Waals surface area contributed by atoms with Gasteiger partial charge in [-0.3, -0.25) is 14.4 Å². The van der Waals surface area contributed by atoms with Gasteiger partial charge in [0.25, 0.3) is 5.91 Å². The number of nitrogens with zero attached hydrogens (tertiary/aromatic N) is 6. The van der Waals surface area contributed by atoms with Gasteiger partial charge in [-0.15, -0.1) is 0 Å².